The first kappa shape index (κ1) is 15.1. The maximum Gasteiger partial charge on any atom is 0.237 e. The summed E-state index contributed by atoms with van der Waals surface area (Å²) in [6, 6.07) is 7.35. The summed E-state index contributed by atoms with van der Waals surface area (Å²) in [5.74, 6) is 3.49. The van der Waals surface area contributed by atoms with Gasteiger partial charge in [0.1, 0.15) is 5.75 Å². The van der Waals surface area contributed by atoms with Gasteiger partial charge in [-0.05, 0) is 61.3 Å². The van der Waals surface area contributed by atoms with Crippen LogP contribution in [-0.2, 0) is 4.79 Å². The van der Waals surface area contributed by atoms with Gasteiger partial charge in [0, 0.05) is 24.5 Å². The molecule has 0 spiro atoms. The van der Waals surface area contributed by atoms with E-state index in [1.165, 1.54) is 25.7 Å². The first-order chi connectivity index (χ1) is 11.8. The molecular formula is C19H21N3O2. The van der Waals surface area contributed by atoms with Crippen molar-refractivity contribution in [3.05, 3.63) is 42.9 Å². The topological polar surface area (TPSA) is 64.1 Å². The molecule has 1 aromatic carbocycles. The normalized spacial score (nSPS) is 24.8. The molecule has 4 rings (SSSR count). The lowest BCUT2D eigenvalue weighted by Crippen LogP contribution is -2.20. The number of nitrogens with zero attached hydrogens (tertiary/aromatic N) is 2. The summed E-state index contributed by atoms with van der Waals surface area (Å²) in [6.07, 6.45) is 10.7. The van der Waals surface area contributed by atoms with E-state index >= 15 is 0 Å². The Morgan fingerprint density at radius 1 is 1.17 bits per heavy atom. The van der Waals surface area contributed by atoms with Gasteiger partial charge in [0.25, 0.3) is 0 Å². The van der Waals surface area contributed by atoms with Crippen molar-refractivity contribution in [3.8, 4) is 11.6 Å². The lowest BCUT2D eigenvalue weighted by molar-refractivity contribution is -0.117. The molecule has 1 aromatic heterocycles. The van der Waals surface area contributed by atoms with E-state index in [0.29, 0.717) is 24.0 Å². The minimum absolute atomic E-state index is 0.121. The number of anilines is 1. The number of rotatable bonds is 5. The number of hydrogen-bond donors (Lipinski definition) is 1. The Bertz CT molecular complexity index is 702. The van der Waals surface area contributed by atoms with Crippen molar-refractivity contribution >= 4 is 11.6 Å². The number of benzene rings is 1. The lowest BCUT2D eigenvalue weighted by atomic mass is 9.86. The molecule has 2 bridgehead atoms. The second kappa shape index (κ2) is 6.59. The van der Waals surface area contributed by atoms with E-state index in [-0.39, 0.29) is 5.91 Å². The zero-order valence-corrected chi connectivity index (χ0v) is 13.5. The highest BCUT2D eigenvalue weighted by Crippen LogP contribution is 2.49. The summed E-state index contributed by atoms with van der Waals surface area (Å²) in [5, 5.41) is 3.00. The smallest absolute Gasteiger partial charge is 0.237 e. The molecule has 0 saturated heterocycles. The molecule has 2 fully saturated rings. The highest BCUT2D eigenvalue weighted by Gasteiger charge is 2.40. The van der Waals surface area contributed by atoms with Gasteiger partial charge in [-0.2, -0.15) is 0 Å². The van der Waals surface area contributed by atoms with Gasteiger partial charge in [0.15, 0.2) is 0 Å². The first-order valence-electron chi connectivity index (χ1n) is 8.60. The van der Waals surface area contributed by atoms with Gasteiger partial charge in [-0.1, -0.05) is 6.42 Å². The van der Waals surface area contributed by atoms with Crippen LogP contribution in [0.5, 0.6) is 11.6 Å². The van der Waals surface area contributed by atoms with E-state index < -0.39 is 0 Å². The second-order valence-corrected chi connectivity index (χ2v) is 6.86. The molecule has 0 aliphatic heterocycles. The minimum atomic E-state index is 0.121. The molecule has 1 N–H and O–H groups in total. The molecule has 2 aliphatic carbocycles. The average Bonchev–Trinajstić information content (AvgIpc) is 3.20. The fraction of sp³-hybridized carbons (Fsp3) is 0.421. The summed E-state index contributed by atoms with van der Waals surface area (Å²) >= 11 is 0. The van der Waals surface area contributed by atoms with Crippen LogP contribution < -0.4 is 10.1 Å². The van der Waals surface area contributed by atoms with Crippen LogP contribution in [0.2, 0.25) is 0 Å². The zero-order chi connectivity index (χ0) is 16.4. The van der Waals surface area contributed by atoms with E-state index in [2.05, 4.69) is 15.3 Å². The molecule has 3 atom stereocenters. The Morgan fingerprint density at radius 2 is 2.04 bits per heavy atom. The molecule has 5 heteroatoms. The van der Waals surface area contributed by atoms with Crippen molar-refractivity contribution in [2.24, 2.45) is 17.8 Å². The van der Waals surface area contributed by atoms with Gasteiger partial charge in [0.05, 0.1) is 6.20 Å². The van der Waals surface area contributed by atoms with Crippen LogP contribution in [0.4, 0.5) is 5.69 Å². The summed E-state index contributed by atoms with van der Waals surface area (Å²) < 4.78 is 5.59. The van der Waals surface area contributed by atoms with Gasteiger partial charge < -0.3 is 10.1 Å². The van der Waals surface area contributed by atoms with Crippen molar-refractivity contribution in [3.63, 3.8) is 0 Å². The Balaban J connectivity index is 1.31. The van der Waals surface area contributed by atoms with Crippen molar-refractivity contribution in [1.29, 1.82) is 0 Å². The Morgan fingerprint density at radius 3 is 2.71 bits per heavy atom. The average molecular weight is 323 g/mol. The molecule has 1 amide bonds. The standard InChI is InChI=1S/C19H21N3O2/c23-18(11-15-10-13-1-2-14(15)9-13)22-16-3-5-17(6-4-16)24-19-12-20-7-8-21-19/h3-8,12-15H,1-2,9-11H2,(H,22,23)/t13-,14-,15-/m0/s1. The summed E-state index contributed by atoms with van der Waals surface area (Å²) in [7, 11) is 0. The maximum absolute atomic E-state index is 12.3. The fourth-order valence-electron chi connectivity index (χ4n) is 4.14. The highest BCUT2D eigenvalue weighted by atomic mass is 16.5. The Labute approximate surface area is 141 Å². The molecule has 5 nitrogen and oxygen atoms in total. The number of hydrogen-bond acceptors (Lipinski definition) is 4. The SMILES string of the molecule is O=C(C[C@@H]1C[C@H]2CC[C@H]1C2)Nc1ccc(Oc2cnccn2)cc1. The number of nitrogens with one attached hydrogen (secondary N) is 1. The van der Waals surface area contributed by atoms with Crippen molar-refractivity contribution in [2.45, 2.75) is 32.1 Å². The lowest BCUT2D eigenvalue weighted by Gasteiger charge is -2.20. The summed E-state index contributed by atoms with van der Waals surface area (Å²) in [6.45, 7) is 0. The van der Waals surface area contributed by atoms with Gasteiger partial charge in [-0.3, -0.25) is 9.78 Å². The number of fused-ring (bicyclic) bond motifs is 2. The predicted molar refractivity (Wildman–Crippen MR) is 90.7 cm³/mol. The zero-order valence-electron chi connectivity index (χ0n) is 13.5. The molecule has 1 heterocycles. The number of amides is 1. The highest BCUT2D eigenvalue weighted by molar-refractivity contribution is 5.90. The van der Waals surface area contributed by atoms with Crippen molar-refractivity contribution in [1.82, 2.24) is 9.97 Å². The Kier molecular flexibility index (Phi) is 4.15. The van der Waals surface area contributed by atoms with E-state index in [1.807, 2.05) is 24.3 Å². The molecule has 2 aromatic rings. The fourth-order valence-corrected chi connectivity index (χ4v) is 4.14. The molecule has 2 saturated carbocycles. The number of carbonyl (C=O) groups is 1. The van der Waals surface area contributed by atoms with E-state index in [0.717, 1.165) is 17.5 Å². The number of carbonyl (C=O) groups excluding carboxylic acids is 1. The quantitative estimate of drug-likeness (QED) is 0.902. The van der Waals surface area contributed by atoms with Gasteiger partial charge in [-0.25, -0.2) is 4.98 Å². The van der Waals surface area contributed by atoms with Crippen LogP contribution in [0.25, 0.3) is 0 Å². The van der Waals surface area contributed by atoms with E-state index in [4.69, 9.17) is 4.74 Å². The predicted octanol–water partition coefficient (Wildman–Crippen LogP) is 4.03. The van der Waals surface area contributed by atoms with Crippen LogP contribution in [0.15, 0.2) is 42.9 Å². The van der Waals surface area contributed by atoms with Gasteiger partial charge >= 0.3 is 0 Å². The molecule has 2 aliphatic rings. The van der Waals surface area contributed by atoms with E-state index in [9.17, 15) is 4.79 Å². The molecular weight excluding hydrogens is 302 g/mol. The van der Waals surface area contributed by atoms with Crippen LogP contribution in [0.1, 0.15) is 32.1 Å². The second-order valence-electron chi connectivity index (χ2n) is 6.86. The third kappa shape index (κ3) is 3.40. The van der Waals surface area contributed by atoms with Crippen LogP contribution in [0, 0.1) is 17.8 Å². The minimum Gasteiger partial charge on any atom is -0.438 e. The van der Waals surface area contributed by atoms with Crippen LogP contribution in [0.3, 0.4) is 0 Å². The molecule has 124 valence electrons. The maximum atomic E-state index is 12.3. The van der Waals surface area contributed by atoms with Crippen LogP contribution >= 0.6 is 0 Å². The summed E-state index contributed by atoms with van der Waals surface area (Å²) in [4.78, 5) is 20.3. The van der Waals surface area contributed by atoms with Gasteiger partial charge in [0.2, 0.25) is 11.8 Å². The number of aromatic nitrogens is 2. The largest absolute Gasteiger partial charge is 0.438 e. The monoisotopic (exact) mass is 323 g/mol. The molecule has 24 heavy (non-hydrogen) atoms. The van der Waals surface area contributed by atoms with E-state index in [1.54, 1.807) is 18.6 Å². The number of ether oxygens (including phenoxy) is 1. The molecule has 0 unspecified atom stereocenters. The van der Waals surface area contributed by atoms with Crippen molar-refractivity contribution < 1.29 is 9.53 Å². The first-order valence-corrected chi connectivity index (χ1v) is 8.60. The van der Waals surface area contributed by atoms with Gasteiger partial charge in [-0.15, -0.1) is 0 Å². The van der Waals surface area contributed by atoms with Crippen molar-refractivity contribution in [2.75, 3.05) is 5.32 Å². The molecule has 0 radical (unpaired) electrons. The summed E-state index contributed by atoms with van der Waals surface area (Å²) in [5.41, 5.74) is 0.801. The van der Waals surface area contributed by atoms with Crippen LogP contribution in [-0.4, -0.2) is 15.9 Å². The third-order valence-corrected chi connectivity index (χ3v) is 5.23. The third-order valence-electron chi connectivity index (χ3n) is 5.23. The Hall–Kier alpha value is -2.43.